The predicted octanol–water partition coefficient (Wildman–Crippen LogP) is 2.84. The molecule has 1 aromatic carbocycles. The van der Waals surface area contributed by atoms with Crippen molar-refractivity contribution in [1.29, 1.82) is 0 Å². The second kappa shape index (κ2) is 7.76. The van der Waals surface area contributed by atoms with Crippen molar-refractivity contribution >= 4 is 27.6 Å². The maximum atomic E-state index is 11.6. The number of carbonyl (C=O) groups excluding carboxylic acids is 1. The average Bonchev–Trinajstić information content (AvgIpc) is 3.11. The number of sulfonamides is 1. The molecule has 1 aliphatic heterocycles. The van der Waals surface area contributed by atoms with E-state index in [1.54, 1.807) is 24.3 Å². The Balaban J connectivity index is 1.92. The van der Waals surface area contributed by atoms with Crippen LogP contribution in [0.2, 0.25) is 0 Å². The van der Waals surface area contributed by atoms with Gasteiger partial charge in [0.1, 0.15) is 12.4 Å². The lowest BCUT2D eigenvalue weighted by molar-refractivity contribution is -0.180. The second-order valence-electron chi connectivity index (χ2n) is 5.83. The molecule has 0 aliphatic carbocycles. The molecule has 1 saturated heterocycles. The lowest BCUT2D eigenvalue weighted by atomic mass is 10.1. The fraction of sp³-hybridized carbons (Fsp3) is 0.353. The molecule has 1 aromatic heterocycles. The van der Waals surface area contributed by atoms with Crippen LogP contribution in [-0.2, 0) is 19.5 Å². The van der Waals surface area contributed by atoms with E-state index in [1.165, 1.54) is 22.8 Å². The third-order valence-electron chi connectivity index (χ3n) is 3.98. The highest BCUT2D eigenvalue weighted by Gasteiger charge is 2.25. The van der Waals surface area contributed by atoms with Gasteiger partial charge < -0.3 is 9.47 Å². The first-order valence-corrected chi connectivity index (χ1v) is 10.3. The first-order valence-electron chi connectivity index (χ1n) is 7.91. The molecule has 25 heavy (non-hydrogen) atoms. The van der Waals surface area contributed by atoms with Crippen molar-refractivity contribution < 1.29 is 22.7 Å². The Morgan fingerprint density at radius 1 is 1.28 bits per heavy atom. The van der Waals surface area contributed by atoms with Crippen LogP contribution in [0.4, 0.5) is 0 Å². The third-order valence-corrected chi connectivity index (χ3v) is 6.00. The second-order valence-corrected chi connectivity index (χ2v) is 8.33. The quantitative estimate of drug-likeness (QED) is 0.776. The molecule has 2 N–H and O–H groups in total. The van der Waals surface area contributed by atoms with Gasteiger partial charge in [-0.05, 0) is 30.9 Å². The van der Waals surface area contributed by atoms with Gasteiger partial charge in [-0.3, -0.25) is 4.79 Å². The summed E-state index contributed by atoms with van der Waals surface area (Å²) >= 11 is 1.27. The molecule has 2 aromatic rings. The zero-order valence-corrected chi connectivity index (χ0v) is 15.1. The van der Waals surface area contributed by atoms with Crippen LogP contribution in [0.1, 0.15) is 46.2 Å². The Hall–Kier alpha value is -1.58. The maximum Gasteiger partial charge on any atom is 0.238 e. The lowest BCUT2D eigenvalue weighted by Crippen LogP contribution is -2.24. The smallest absolute Gasteiger partial charge is 0.238 e. The Labute approximate surface area is 150 Å². The molecule has 6 nitrogen and oxygen atoms in total. The van der Waals surface area contributed by atoms with E-state index in [9.17, 15) is 13.2 Å². The number of aldehydes is 1. The molecular formula is C17H19NO5S2. The van der Waals surface area contributed by atoms with Crippen LogP contribution in [0.3, 0.4) is 0 Å². The van der Waals surface area contributed by atoms with Gasteiger partial charge in [0, 0.05) is 22.4 Å². The summed E-state index contributed by atoms with van der Waals surface area (Å²) in [6, 6.07) is 8.53. The summed E-state index contributed by atoms with van der Waals surface area (Å²) < 4.78 is 34.9. The molecule has 1 aliphatic rings. The van der Waals surface area contributed by atoms with Crippen LogP contribution in [0.5, 0.6) is 0 Å². The highest BCUT2D eigenvalue weighted by Crippen LogP contribution is 2.34. The van der Waals surface area contributed by atoms with Crippen LogP contribution in [0.25, 0.3) is 0 Å². The van der Waals surface area contributed by atoms with Gasteiger partial charge in [0.15, 0.2) is 6.29 Å². The van der Waals surface area contributed by atoms with Crippen molar-refractivity contribution in [3.05, 3.63) is 51.7 Å². The van der Waals surface area contributed by atoms with E-state index in [1.807, 2.05) is 0 Å². The number of benzene rings is 1. The predicted molar refractivity (Wildman–Crippen MR) is 94.0 cm³/mol. The van der Waals surface area contributed by atoms with Crippen LogP contribution in [0, 0.1) is 0 Å². The summed E-state index contributed by atoms with van der Waals surface area (Å²) in [4.78, 5) is 11.6. The number of primary sulfonamides is 1. The molecule has 3 rings (SSSR count). The minimum Gasteiger partial charge on any atom is -0.353 e. The first-order chi connectivity index (χ1) is 12.0. The Bertz CT molecular complexity index is 823. The molecule has 0 bridgehead atoms. The van der Waals surface area contributed by atoms with Crippen molar-refractivity contribution in [2.24, 2.45) is 5.14 Å². The van der Waals surface area contributed by atoms with E-state index < -0.39 is 16.1 Å². The molecule has 2 heterocycles. The molecule has 0 saturated carbocycles. The molecule has 2 atom stereocenters. The number of ether oxygens (including phenoxy) is 2. The van der Waals surface area contributed by atoms with Gasteiger partial charge in [0.05, 0.1) is 4.90 Å². The Kier molecular flexibility index (Phi) is 5.65. The van der Waals surface area contributed by atoms with Gasteiger partial charge in [0.2, 0.25) is 10.0 Å². The third kappa shape index (κ3) is 4.53. The van der Waals surface area contributed by atoms with Crippen molar-refractivity contribution in [1.82, 2.24) is 0 Å². The van der Waals surface area contributed by atoms with Crippen molar-refractivity contribution in [3.8, 4) is 0 Å². The molecule has 0 amide bonds. The molecule has 8 heteroatoms. The van der Waals surface area contributed by atoms with Gasteiger partial charge in [-0.15, -0.1) is 11.3 Å². The number of rotatable bonds is 6. The van der Waals surface area contributed by atoms with Crippen LogP contribution in [0.15, 0.2) is 40.6 Å². The standard InChI is InChI=1S/C17H19NO5S2/c18-25(20,21)14-9-15(24-11-14)17(23-16-3-1-2-8-22-16)13-6-4-12(10-19)5-7-13/h4-7,9-11,16-17H,1-3,8H2,(H2,18,20,21). The van der Waals surface area contributed by atoms with E-state index in [4.69, 9.17) is 14.6 Å². The van der Waals surface area contributed by atoms with Gasteiger partial charge in [-0.25, -0.2) is 13.6 Å². The first kappa shape index (κ1) is 18.2. The van der Waals surface area contributed by atoms with Crippen molar-refractivity contribution in [2.45, 2.75) is 36.6 Å². The topological polar surface area (TPSA) is 95.7 Å². The van der Waals surface area contributed by atoms with E-state index in [-0.39, 0.29) is 11.2 Å². The summed E-state index contributed by atoms with van der Waals surface area (Å²) in [5.41, 5.74) is 1.38. The number of hydrogen-bond donors (Lipinski definition) is 1. The molecule has 134 valence electrons. The zero-order valence-electron chi connectivity index (χ0n) is 13.5. The van der Waals surface area contributed by atoms with E-state index >= 15 is 0 Å². The molecular weight excluding hydrogens is 362 g/mol. The van der Waals surface area contributed by atoms with Crippen LogP contribution in [-0.4, -0.2) is 27.6 Å². The monoisotopic (exact) mass is 381 g/mol. The number of carbonyl (C=O) groups is 1. The normalized spacial score (nSPS) is 19.5. The number of thiophene rings is 1. The summed E-state index contributed by atoms with van der Waals surface area (Å²) in [6.07, 6.45) is 2.76. The SMILES string of the molecule is NS(=O)(=O)c1csc(C(OC2CCCCO2)c2ccc(C=O)cc2)c1. The molecule has 0 spiro atoms. The van der Waals surface area contributed by atoms with Gasteiger partial charge in [0.25, 0.3) is 0 Å². The number of hydrogen-bond acceptors (Lipinski definition) is 6. The Morgan fingerprint density at radius 2 is 2.04 bits per heavy atom. The minimum atomic E-state index is -3.76. The van der Waals surface area contributed by atoms with Gasteiger partial charge in [-0.1, -0.05) is 24.3 Å². The summed E-state index contributed by atoms with van der Waals surface area (Å²) in [5, 5.41) is 6.71. The van der Waals surface area contributed by atoms with Crippen molar-refractivity contribution in [2.75, 3.05) is 6.61 Å². The lowest BCUT2D eigenvalue weighted by Gasteiger charge is -2.27. The molecule has 0 radical (unpaired) electrons. The van der Waals surface area contributed by atoms with Gasteiger partial charge in [-0.2, -0.15) is 0 Å². The Morgan fingerprint density at radius 3 is 2.60 bits per heavy atom. The van der Waals surface area contributed by atoms with Gasteiger partial charge >= 0.3 is 0 Å². The summed E-state index contributed by atoms with van der Waals surface area (Å²) in [6.45, 7) is 0.647. The van der Waals surface area contributed by atoms with Crippen LogP contribution >= 0.6 is 11.3 Å². The fourth-order valence-corrected chi connectivity index (χ4v) is 4.53. The summed E-state index contributed by atoms with van der Waals surface area (Å²) in [5.74, 6) is 0. The maximum absolute atomic E-state index is 11.6. The minimum absolute atomic E-state index is 0.0650. The zero-order chi connectivity index (χ0) is 17.9. The molecule has 1 fully saturated rings. The molecule has 2 unspecified atom stereocenters. The van der Waals surface area contributed by atoms with E-state index in [0.29, 0.717) is 12.2 Å². The van der Waals surface area contributed by atoms with E-state index in [0.717, 1.165) is 36.0 Å². The summed E-state index contributed by atoms with van der Waals surface area (Å²) in [7, 11) is -3.76. The van der Waals surface area contributed by atoms with E-state index in [2.05, 4.69) is 0 Å². The number of nitrogens with two attached hydrogens (primary N) is 1. The highest BCUT2D eigenvalue weighted by molar-refractivity contribution is 7.89. The fourth-order valence-electron chi connectivity index (χ4n) is 2.65. The highest BCUT2D eigenvalue weighted by atomic mass is 32.2. The van der Waals surface area contributed by atoms with Crippen LogP contribution < -0.4 is 5.14 Å². The largest absolute Gasteiger partial charge is 0.353 e. The van der Waals surface area contributed by atoms with Crippen molar-refractivity contribution in [3.63, 3.8) is 0 Å². The average molecular weight is 381 g/mol.